The zero-order chi connectivity index (χ0) is 19.7. The van der Waals surface area contributed by atoms with Gasteiger partial charge in [-0.3, -0.25) is 4.79 Å². The quantitative estimate of drug-likeness (QED) is 0.552. The maximum absolute atomic E-state index is 13.6. The molecule has 28 heavy (non-hydrogen) atoms. The van der Waals surface area contributed by atoms with Crippen molar-refractivity contribution in [3.63, 3.8) is 0 Å². The Morgan fingerprint density at radius 2 is 1.82 bits per heavy atom. The van der Waals surface area contributed by atoms with Gasteiger partial charge in [0.1, 0.15) is 23.0 Å². The van der Waals surface area contributed by atoms with E-state index in [9.17, 15) is 9.18 Å². The van der Waals surface area contributed by atoms with Gasteiger partial charge in [-0.15, -0.1) is 0 Å². The topological polar surface area (TPSA) is 71.8 Å². The molecule has 0 aliphatic carbocycles. The highest BCUT2D eigenvalue weighted by Crippen LogP contribution is 2.26. The monoisotopic (exact) mass is 375 g/mol. The van der Waals surface area contributed by atoms with Gasteiger partial charge in [0.2, 0.25) is 5.91 Å². The Morgan fingerprint density at radius 3 is 2.54 bits per heavy atom. The number of aromatic nitrogens is 3. The zero-order valence-electron chi connectivity index (χ0n) is 15.4. The fraction of sp³-hybridized carbons (Fsp3) is 0.0952. The van der Waals surface area contributed by atoms with Crippen LogP contribution in [0.25, 0.3) is 22.4 Å². The molecule has 2 heterocycles. The second kappa shape index (κ2) is 7.11. The van der Waals surface area contributed by atoms with Gasteiger partial charge in [0, 0.05) is 37.0 Å². The molecule has 4 rings (SSSR count). The minimum atomic E-state index is -0.298. The van der Waals surface area contributed by atoms with Gasteiger partial charge in [0.05, 0.1) is 11.7 Å². The minimum absolute atomic E-state index is 0.113. The summed E-state index contributed by atoms with van der Waals surface area (Å²) in [4.78, 5) is 20.1. The number of halogens is 1. The molecule has 4 aromatic rings. The third kappa shape index (κ3) is 3.55. The maximum atomic E-state index is 13.6. The second-order valence-electron chi connectivity index (χ2n) is 6.45. The van der Waals surface area contributed by atoms with Gasteiger partial charge >= 0.3 is 0 Å². The predicted octanol–water partition coefficient (Wildman–Crippen LogP) is 4.48. The first kappa shape index (κ1) is 17.7. The van der Waals surface area contributed by atoms with Crippen molar-refractivity contribution < 1.29 is 9.18 Å². The average molecular weight is 375 g/mol. The van der Waals surface area contributed by atoms with Crippen LogP contribution in [0.1, 0.15) is 6.92 Å². The lowest BCUT2D eigenvalue weighted by Gasteiger charge is -2.08. The Morgan fingerprint density at radius 1 is 1.07 bits per heavy atom. The van der Waals surface area contributed by atoms with Crippen LogP contribution in [-0.4, -0.2) is 20.4 Å². The summed E-state index contributed by atoms with van der Waals surface area (Å²) in [6.07, 6.45) is 1.69. The fourth-order valence-electron chi connectivity index (χ4n) is 3.04. The fourth-order valence-corrected chi connectivity index (χ4v) is 3.04. The lowest BCUT2D eigenvalue weighted by Crippen LogP contribution is -2.05. The summed E-state index contributed by atoms with van der Waals surface area (Å²) >= 11 is 0. The molecule has 0 bridgehead atoms. The van der Waals surface area contributed by atoms with Crippen molar-refractivity contribution in [1.29, 1.82) is 0 Å². The number of carbonyl (C=O) groups excluding carboxylic acids is 1. The largest absolute Gasteiger partial charge is 0.340 e. The summed E-state index contributed by atoms with van der Waals surface area (Å²) in [6.45, 7) is 1.47. The summed E-state index contributed by atoms with van der Waals surface area (Å²) < 4.78 is 15.5. The predicted molar refractivity (Wildman–Crippen MR) is 108 cm³/mol. The van der Waals surface area contributed by atoms with Crippen molar-refractivity contribution in [2.75, 3.05) is 10.6 Å². The van der Waals surface area contributed by atoms with Gasteiger partial charge in [0.15, 0.2) is 0 Å². The van der Waals surface area contributed by atoms with E-state index in [-0.39, 0.29) is 11.7 Å². The first-order valence-electron chi connectivity index (χ1n) is 8.73. The number of benzene rings is 2. The number of anilines is 3. The highest BCUT2D eigenvalue weighted by molar-refractivity contribution is 5.89. The Bertz CT molecular complexity index is 1170. The van der Waals surface area contributed by atoms with Crippen molar-refractivity contribution in [3.05, 3.63) is 66.6 Å². The van der Waals surface area contributed by atoms with Gasteiger partial charge < -0.3 is 15.2 Å². The highest BCUT2D eigenvalue weighted by Gasteiger charge is 2.12. The molecule has 1 amide bonds. The smallest absolute Gasteiger partial charge is 0.221 e. The van der Waals surface area contributed by atoms with Crippen LogP contribution < -0.4 is 10.6 Å². The van der Waals surface area contributed by atoms with Crippen LogP contribution in [0.5, 0.6) is 0 Å². The number of hydrogen-bond donors (Lipinski definition) is 2. The average Bonchev–Trinajstić information content (AvgIpc) is 2.99. The van der Waals surface area contributed by atoms with Crippen LogP contribution in [-0.2, 0) is 11.8 Å². The first-order valence-corrected chi connectivity index (χ1v) is 8.73. The number of aryl methyl sites for hydroxylation is 1. The number of imidazole rings is 1. The van der Waals surface area contributed by atoms with Crippen molar-refractivity contribution in [2.24, 2.45) is 7.05 Å². The molecular weight excluding hydrogens is 357 g/mol. The number of nitrogens with one attached hydrogen (secondary N) is 2. The van der Waals surface area contributed by atoms with Gasteiger partial charge in [0.25, 0.3) is 0 Å². The van der Waals surface area contributed by atoms with E-state index in [4.69, 9.17) is 0 Å². The van der Waals surface area contributed by atoms with E-state index in [1.165, 1.54) is 19.1 Å². The molecule has 0 aliphatic heterocycles. The molecule has 0 unspecified atom stereocenters. The number of fused-ring (bicyclic) bond motifs is 1. The summed E-state index contributed by atoms with van der Waals surface area (Å²) in [5.74, 6) is 0.924. The van der Waals surface area contributed by atoms with Gasteiger partial charge in [-0.25, -0.2) is 14.4 Å². The van der Waals surface area contributed by atoms with Crippen LogP contribution in [0, 0.1) is 5.82 Å². The molecule has 0 aliphatic rings. The van der Waals surface area contributed by atoms with Gasteiger partial charge in [-0.2, -0.15) is 0 Å². The van der Waals surface area contributed by atoms with Crippen molar-refractivity contribution >= 4 is 34.1 Å². The molecule has 7 heteroatoms. The lowest BCUT2D eigenvalue weighted by molar-refractivity contribution is -0.114. The van der Waals surface area contributed by atoms with E-state index in [1.54, 1.807) is 12.3 Å². The Labute approximate surface area is 161 Å². The van der Waals surface area contributed by atoms with E-state index in [0.717, 1.165) is 22.4 Å². The maximum Gasteiger partial charge on any atom is 0.221 e. The third-order valence-electron chi connectivity index (χ3n) is 4.33. The van der Waals surface area contributed by atoms with Crippen molar-refractivity contribution in [1.82, 2.24) is 14.5 Å². The zero-order valence-corrected chi connectivity index (χ0v) is 15.4. The van der Waals surface area contributed by atoms with Crippen LogP contribution in [0.3, 0.4) is 0 Å². The van der Waals surface area contributed by atoms with E-state index in [0.29, 0.717) is 17.2 Å². The van der Waals surface area contributed by atoms with E-state index in [2.05, 4.69) is 20.6 Å². The van der Waals surface area contributed by atoms with Gasteiger partial charge in [-0.1, -0.05) is 12.1 Å². The number of nitrogens with zero attached hydrogens (tertiary/aromatic N) is 3. The summed E-state index contributed by atoms with van der Waals surface area (Å²) in [6, 6.07) is 15.6. The number of carbonyl (C=O) groups is 1. The summed E-state index contributed by atoms with van der Waals surface area (Å²) in [5, 5.41) is 5.97. The summed E-state index contributed by atoms with van der Waals surface area (Å²) in [5.41, 5.74) is 3.89. The Kier molecular flexibility index (Phi) is 4.49. The molecule has 2 aromatic carbocycles. The molecule has 0 saturated carbocycles. The van der Waals surface area contributed by atoms with E-state index in [1.807, 2.05) is 48.0 Å². The molecule has 0 saturated heterocycles. The van der Waals surface area contributed by atoms with Crippen LogP contribution >= 0.6 is 0 Å². The Balaban J connectivity index is 1.63. The molecule has 0 radical (unpaired) electrons. The number of amides is 1. The van der Waals surface area contributed by atoms with E-state index >= 15 is 0 Å². The minimum Gasteiger partial charge on any atom is -0.340 e. The van der Waals surface area contributed by atoms with Crippen LogP contribution in [0.15, 0.2) is 60.8 Å². The molecule has 0 fully saturated rings. The van der Waals surface area contributed by atoms with Crippen molar-refractivity contribution in [2.45, 2.75) is 6.92 Å². The normalized spacial score (nSPS) is 10.8. The molecule has 2 N–H and O–H groups in total. The first-order chi connectivity index (χ1) is 13.5. The molecule has 0 atom stereocenters. The van der Waals surface area contributed by atoms with E-state index < -0.39 is 0 Å². The highest BCUT2D eigenvalue weighted by atomic mass is 19.1. The van der Waals surface area contributed by atoms with Crippen LogP contribution in [0.2, 0.25) is 0 Å². The van der Waals surface area contributed by atoms with Gasteiger partial charge in [-0.05, 0) is 36.4 Å². The Hall–Kier alpha value is -3.74. The molecular formula is C21H18FN5O. The SMILES string of the molecule is CC(=O)Nc1ccc(Nc2cc3c(cn2)nc(-c2cccc(F)c2)n3C)cc1. The number of pyridine rings is 1. The third-order valence-corrected chi connectivity index (χ3v) is 4.33. The molecule has 2 aromatic heterocycles. The van der Waals surface area contributed by atoms with Crippen molar-refractivity contribution in [3.8, 4) is 11.4 Å². The molecule has 0 spiro atoms. The lowest BCUT2D eigenvalue weighted by atomic mass is 10.2. The number of hydrogen-bond acceptors (Lipinski definition) is 4. The number of rotatable bonds is 4. The molecule has 140 valence electrons. The van der Waals surface area contributed by atoms with Crippen LogP contribution in [0.4, 0.5) is 21.6 Å². The second-order valence-corrected chi connectivity index (χ2v) is 6.45. The molecule has 6 nitrogen and oxygen atoms in total. The summed E-state index contributed by atoms with van der Waals surface area (Å²) in [7, 11) is 1.89. The standard InChI is InChI=1S/C21H18FN5O/c1-13(28)24-16-6-8-17(9-7-16)25-20-11-19-18(12-23-20)26-21(27(19)2)14-4-3-5-15(22)10-14/h3-12H,1-2H3,(H,23,25)(H,24,28).